The number of nitrogens with zero attached hydrogens (tertiary/aromatic N) is 1. The van der Waals surface area contributed by atoms with Crippen molar-refractivity contribution in [3.63, 3.8) is 0 Å². The van der Waals surface area contributed by atoms with Gasteiger partial charge in [0, 0.05) is 30.5 Å². The molecule has 2 rings (SSSR count). The molecule has 0 spiro atoms. The summed E-state index contributed by atoms with van der Waals surface area (Å²) in [6.45, 7) is 3.20. The molecule has 0 aliphatic rings. The standard InChI is InChI=1S/C17H21F2N3O4S/c1-3-11(2)21-27(25,26)13-9-16(22(10-13)6-7-23)17(24)20-12-4-5-14(18)15(19)8-12/h4-5,8-11,21,23H,3,6-7H2,1-2H3,(H,20,24)/t11-/m1/s1. The number of hydrogen-bond acceptors (Lipinski definition) is 4. The van der Waals surface area contributed by atoms with Crippen molar-refractivity contribution in [1.82, 2.24) is 9.29 Å². The molecule has 27 heavy (non-hydrogen) atoms. The molecule has 7 nitrogen and oxygen atoms in total. The van der Waals surface area contributed by atoms with Crippen molar-refractivity contribution in [2.45, 2.75) is 37.8 Å². The van der Waals surface area contributed by atoms with Gasteiger partial charge in [-0.1, -0.05) is 6.92 Å². The van der Waals surface area contributed by atoms with Crippen LogP contribution in [0.4, 0.5) is 14.5 Å². The molecule has 0 fully saturated rings. The van der Waals surface area contributed by atoms with Crippen molar-refractivity contribution >= 4 is 21.6 Å². The minimum Gasteiger partial charge on any atom is -0.395 e. The van der Waals surface area contributed by atoms with Crippen molar-refractivity contribution in [3.05, 3.63) is 47.8 Å². The van der Waals surface area contributed by atoms with Gasteiger partial charge in [0.1, 0.15) is 10.6 Å². The van der Waals surface area contributed by atoms with E-state index in [-0.39, 0.29) is 35.5 Å². The molecule has 1 aromatic heterocycles. The summed E-state index contributed by atoms with van der Waals surface area (Å²) in [4.78, 5) is 12.3. The molecular formula is C17H21F2N3O4S. The van der Waals surface area contributed by atoms with Crippen LogP contribution in [-0.4, -0.2) is 36.6 Å². The molecule has 0 aliphatic heterocycles. The zero-order valence-electron chi connectivity index (χ0n) is 14.9. The summed E-state index contributed by atoms with van der Waals surface area (Å²) in [7, 11) is -3.85. The van der Waals surface area contributed by atoms with Gasteiger partial charge in [0.25, 0.3) is 5.91 Å². The van der Waals surface area contributed by atoms with Gasteiger partial charge in [0.15, 0.2) is 11.6 Å². The van der Waals surface area contributed by atoms with Gasteiger partial charge in [0.2, 0.25) is 10.0 Å². The molecule has 0 saturated carbocycles. The summed E-state index contributed by atoms with van der Waals surface area (Å²) in [6.07, 6.45) is 1.82. The van der Waals surface area contributed by atoms with E-state index >= 15 is 0 Å². The van der Waals surface area contributed by atoms with Crippen molar-refractivity contribution in [2.75, 3.05) is 11.9 Å². The SMILES string of the molecule is CC[C@@H](C)NS(=O)(=O)c1cc(C(=O)Nc2ccc(F)c(F)c2)n(CCO)c1. The lowest BCUT2D eigenvalue weighted by Gasteiger charge is -2.10. The molecule has 1 aromatic carbocycles. The number of aliphatic hydroxyl groups is 1. The zero-order valence-corrected chi connectivity index (χ0v) is 15.7. The van der Waals surface area contributed by atoms with E-state index in [0.717, 1.165) is 18.2 Å². The van der Waals surface area contributed by atoms with Gasteiger partial charge in [-0.05, 0) is 31.5 Å². The fourth-order valence-corrected chi connectivity index (χ4v) is 3.66. The molecule has 0 radical (unpaired) electrons. The Labute approximate surface area is 156 Å². The molecule has 3 N–H and O–H groups in total. The number of carbonyl (C=O) groups is 1. The number of anilines is 1. The minimum absolute atomic E-state index is 0.0118. The Morgan fingerprint density at radius 3 is 2.56 bits per heavy atom. The van der Waals surface area contributed by atoms with E-state index in [9.17, 15) is 22.0 Å². The third-order valence-electron chi connectivity index (χ3n) is 3.90. The highest BCUT2D eigenvalue weighted by molar-refractivity contribution is 7.89. The molecular weight excluding hydrogens is 380 g/mol. The Morgan fingerprint density at radius 1 is 1.26 bits per heavy atom. The number of amides is 1. The number of halogens is 2. The highest BCUT2D eigenvalue weighted by Crippen LogP contribution is 2.18. The summed E-state index contributed by atoms with van der Waals surface area (Å²) in [5.41, 5.74) is -0.0314. The number of aliphatic hydroxyl groups excluding tert-OH is 1. The van der Waals surface area contributed by atoms with Crippen LogP contribution in [-0.2, 0) is 16.6 Å². The van der Waals surface area contributed by atoms with Crippen molar-refractivity contribution in [1.29, 1.82) is 0 Å². The van der Waals surface area contributed by atoms with E-state index in [2.05, 4.69) is 10.0 Å². The first-order valence-corrected chi connectivity index (χ1v) is 9.76. The number of sulfonamides is 1. The molecule has 148 valence electrons. The second kappa shape index (κ2) is 8.59. The van der Waals surface area contributed by atoms with Crippen LogP contribution in [0.1, 0.15) is 30.8 Å². The first kappa shape index (κ1) is 21.0. The van der Waals surface area contributed by atoms with Gasteiger partial charge in [-0.25, -0.2) is 21.9 Å². The first-order valence-electron chi connectivity index (χ1n) is 8.27. The molecule has 0 saturated heterocycles. The Kier molecular flexibility index (Phi) is 6.68. The zero-order chi connectivity index (χ0) is 20.2. The lowest BCUT2D eigenvalue weighted by molar-refractivity contribution is 0.101. The fraction of sp³-hybridized carbons (Fsp3) is 0.353. The van der Waals surface area contributed by atoms with E-state index in [1.807, 2.05) is 6.92 Å². The number of aromatic nitrogens is 1. The lowest BCUT2D eigenvalue weighted by Crippen LogP contribution is -2.31. The van der Waals surface area contributed by atoms with Gasteiger partial charge in [0.05, 0.1) is 6.61 Å². The van der Waals surface area contributed by atoms with Crippen LogP contribution >= 0.6 is 0 Å². The van der Waals surface area contributed by atoms with E-state index < -0.39 is 27.6 Å². The van der Waals surface area contributed by atoms with Crippen LogP contribution in [0.3, 0.4) is 0 Å². The third-order valence-corrected chi connectivity index (χ3v) is 5.46. The predicted molar refractivity (Wildman–Crippen MR) is 95.9 cm³/mol. The normalized spacial score (nSPS) is 12.8. The maximum atomic E-state index is 13.3. The van der Waals surface area contributed by atoms with Gasteiger partial charge in [-0.15, -0.1) is 0 Å². The molecule has 10 heteroatoms. The van der Waals surface area contributed by atoms with Crippen molar-refractivity contribution in [2.24, 2.45) is 0 Å². The Hall–Kier alpha value is -2.30. The molecule has 2 aromatic rings. The molecule has 1 heterocycles. The van der Waals surface area contributed by atoms with Gasteiger partial charge in [-0.2, -0.15) is 0 Å². The van der Waals surface area contributed by atoms with Crippen molar-refractivity contribution < 1.29 is 27.1 Å². The molecule has 0 bridgehead atoms. The molecule has 0 aliphatic carbocycles. The highest BCUT2D eigenvalue weighted by Gasteiger charge is 2.23. The van der Waals surface area contributed by atoms with E-state index in [0.29, 0.717) is 6.42 Å². The maximum absolute atomic E-state index is 13.3. The average Bonchev–Trinajstić information content (AvgIpc) is 3.03. The van der Waals surface area contributed by atoms with Crippen LogP contribution in [0.5, 0.6) is 0 Å². The van der Waals surface area contributed by atoms with Crippen LogP contribution in [0, 0.1) is 11.6 Å². The van der Waals surface area contributed by atoms with Crippen molar-refractivity contribution in [3.8, 4) is 0 Å². The summed E-state index contributed by atoms with van der Waals surface area (Å²) in [5.74, 6) is -2.90. The van der Waals surface area contributed by atoms with Crippen LogP contribution in [0.25, 0.3) is 0 Å². The Bertz CT molecular complexity index is 928. The van der Waals surface area contributed by atoms with E-state index in [1.54, 1.807) is 6.92 Å². The lowest BCUT2D eigenvalue weighted by atomic mass is 10.3. The van der Waals surface area contributed by atoms with Crippen LogP contribution in [0.15, 0.2) is 35.4 Å². The smallest absolute Gasteiger partial charge is 0.272 e. The van der Waals surface area contributed by atoms with Gasteiger partial charge >= 0.3 is 0 Å². The Balaban J connectivity index is 2.33. The number of carbonyl (C=O) groups excluding carboxylic acids is 1. The summed E-state index contributed by atoms with van der Waals surface area (Å²) < 4.78 is 54.9. The summed E-state index contributed by atoms with van der Waals surface area (Å²) in [6, 6.07) is 3.72. The monoisotopic (exact) mass is 401 g/mol. The quantitative estimate of drug-likeness (QED) is 0.631. The second-order valence-electron chi connectivity index (χ2n) is 5.99. The van der Waals surface area contributed by atoms with Crippen LogP contribution in [0.2, 0.25) is 0 Å². The number of hydrogen-bond donors (Lipinski definition) is 3. The topological polar surface area (TPSA) is 100 Å². The van der Waals surface area contributed by atoms with E-state index in [1.165, 1.54) is 16.8 Å². The summed E-state index contributed by atoms with van der Waals surface area (Å²) in [5, 5.41) is 11.5. The largest absolute Gasteiger partial charge is 0.395 e. The predicted octanol–water partition coefficient (Wildman–Crippen LogP) is 2.09. The van der Waals surface area contributed by atoms with Gasteiger partial charge < -0.3 is 15.0 Å². The highest BCUT2D eigenvalue weighted by atomic mass is 32.2. The second-order valence-corrected chi connectivity index (χ2v) is 7.71. The third kappa shape index (κ3) is 5.12. The molecule has 1 atom stereocenters. The summed E-state index contributed by atoms with van der Waals surface area (Å²) >= 11 is 0. The van der Waals surface area contributed by atoms with Crippen LogP contribution < -0.4 is 10.0 Å². The molecule has 0 unspecified atom stereocenters. The minimum atomic E-state index is -3.85. The Morgan fingerprint density at radius 2 is 1.96 bits per heavy atom. The number of rotatable bonds is 8. The van der Waals surface area contributed by atoms with E-state index in [4.69, 9.17) is 5.11 Å². The van der Waals surface area contributed by atoms with Gasteiger partial charge in [-0.3, -0.25) is 4.79 Å². The fourth-order valence-electron chi connectivity index (χ4n) is 2.30. The number of benzene rings is 1. The molecule has 1 amide bonds. The first-order chi connectivity index (χ1) is 12.7. The average molecular weight is 401 g/mol. The number of nitrogens with one attached hydrogen (secondary N) is 2. The maximum Gasteiger partial charge on any atom is 0.272 e.